The Hall–Kier alpha value is -3.23. The summed E-state index contributed by atoms with van der Waals surface area (Å²) in [7, 11) is -3.93. The monoisotopic (exact) mass is 424 g/mol. The zero-order valence-corrected chi connectivity index (χ0v) is 16.9. The van der Waals surface area contributed by atoms with Crippen molar-refractivity contribution in [1.29, 1.82) is 0 Å². The van der Waals surface area contributed by atoms with E-state index in [0.717, 1.165) is 20.8 Å². The molecule has 6 nitrogen and oxygen atoms in total. The van der Waals surface area contributed by atoms with Crippen molar-refractivity contribution >= 4 is 43.2 Å². The summed E-state index contributed by atoms with van der Waals surface area (Å²) in [5, 5.41) is 10.1. The van der Waals surface area contributed by atoms with Crippen molar-refractivity contribution in [2.45, 2.75) is 11.8 Å². The fourth-order valence-corrected chi connectivity index (χ4v) is 4.99. The summed E-state index contributed by atoms with van der Waals surface area (Å²) in [6.45, 7) is 1.62. The first-order chi connectivity index (χ1) is 13.8. The van der Waals surface area contributed by atoms with Crippen LogP contribution in [-0.2, 0) is 10.0 Å². The van der Waals surface area contributed by atoms with Gasteiger partial charge in [-0.15, -0.1) is 11.3 Å². The van der Waals surface area contributed by atoms with Gasteiger partial charge in [-0.25, -0.2) is 18.2 Å². The van der Waals surface area contributed by atoms with Gasteiger partial charge in [-0.3, -0.25) is 4.72 Å². The highest BCUT2D eigenvalue weighted by molar-refractivity contribution is 7.92. The minimum absolute atomic E-state index is 0.0433. The van der Waals surface area contributed by atoms with Crippen molar-refractivity contribution in [2.24, 2.45) is 0 Å². The molecular formula is C21H16N2O4S2. The zero-order valence-electron chi connectivity index (χ0n) is 15.3. The van der Waals surface area contributed by atoms with Crippen molar-refractivity contribution in [1.82, 2.24) is 4.98 Å². The second kappa shape index (κ2) is 7.31. The Kier molecular flexibility index (Phi) is 4.81. The van der Waals surface area contributed by atoms with Gasteiger partial charge in [-0.05, 0) is 42.8 Å². The van der Waals surface area contributed by atoms with Gasteiger partial charge >= 0.3 is 5.97 Å². The lowest BCUT2D eigenvalue weighted by Crippen LogP contribution is -2.14. The summed E-state index contributed by atoms with van der Waals surface area (Å²) in [5.74, 6) is -1.17. The van der Waals surface area contributed by atoms with Gasteiger partial charge in [0.25, 0.3) is 10.0 Å². The van der Waals surface area contributed by atoms with Crippen molar-refractivity contribution in [3.8, 4) is 10.6 Å². The average molecular weight is 425 g/mol. The number of benzene rings is 3. The molecule has 0 radical (unpaired) electrons. The lowest BCUT2D eigenvalue weighted by molar-refractivity contribution is 0.0696. The summed E-state index contributed by atoms with van der Waals surface area (Å²) < 4.78 is 28.8. The number of anilines is 1. The number of nitrogens with one attached hydrogen (secondary N) is 1. The molecule has 0 fully saturated rings. The van der Waals surface area contributed by atoms with Crippen molar-refractivity contribution in [3.63, 3.8) is 0 Å². The highest BCUT2D eigenvalue weighted by atomic mass is 32.2. The second-order valence-corrected chi connectivity index (χ2v) is 9.17. The van der Waals surface area contributed by atoms with Gasteiger partial charge in [0.15, 0.2) is 0 Å². The van der Waals surface area contributed by atoms with Gasteiger partial charge in [-0.1, -0.05) is 36.4 Å². The largest absolute Gasteiger partial charge is 0.478 e. The van der Waals surface area contributed by atoms with E-state index in [1.54, 1.807) is 25.1 Å². The number of aromatic nitrogens is 1. The third kappa shape index (κ3) is 3.85. The highest BCUT2D eigenvalue weighted by Gasteiger charge is 2.18. The van der Waals surface area contributed by atoms with Crippen molar-refractivity contribution < 1.29 is 18.3 Å². The number of carbonyl (C=O) groups is 1. The maximum Gasteiger partial charge on any atom is 0.335 e. The van der Waals surface area contributed by atoms with E-state index >= 15 is 0 Å². The first-order valence-electron chi connectivity index (χ1n) is 8.66. The molecule has 0 bridgehead atoms. The van der Waals surface area contributed by atoms with E-state index in [1.807, 2.05) is 30.3 Å². The number of hydrogen-bond donors (Lipinski definition) is 2. The molecule has 0 aliphatic rings. The van der Waals surface area contributed by atoms with Crippen LogP contribution in [0.25, 0.3) is 20.8 Å². The molecule has 0 saturated carbocycles. The van der Waals surface area contributed by atoms with Crippen LogP contribution in [0.1, 0.15) is 15.9 Å². The molecule has 4 rings (SSSR count). The third-order valence-electron chi connectivity index (χ3n) is 4.41. The number of aromatic carboxylic acids is 1. The Morgan fingerprint density at radius 2 is 1.79 bits per heavy atom. The SMILES string of the molecule is Cc1ccc(S(=O)(=O)Nc2ccc3nc(-c4ccccc4)sc3c2)cc1C(=O)O. The molecule has 0 aliphatic carbocycles. The molecule has 29 heavy (non-hydrogen) atoms. The van der Waals surface area contributed by atoms with Crippen LogP contribution in [0.3, 0.4) is 0 Å². The minimum Gasteiger partial charge on any atom is -0.478 e. The van der Waals surface area contributed by atoms with Gasteiger partial charge in [0.2, 0.25) is 0 Å². The third-order valence-corrected chi connectivity index (χ3v) is 6.86. The molecule has 146 valence electrons. The summed E-state index contributed by atoms with van der Waals surface area (Å²) in [4.78, 5) is 15.8. The topological polar surface area (TPSA) is 96.4 Å². The number of hydrogen-bond acceptors (Lipinski definition) is 5. The molecule has 1 heterocycles. The van der Waals surface area contributed by atoms with Crippen LogP contribution in [-0.4, -0.2) is 24.5 Å². The molecule has 2 N–H and O–H groups in total. The number of carboxylic acids is 1. The van der Waals surface area contributed by atoms with Gasteiger partial charge in [0.05, 0.1) is 26.4 Å². The van der Waals surface area contributed by atoms with E-state index in [1.165, 1.54) is 29.5 Å². The molecule has 0 unspecified atom stereocenters. The van der Waals surface area contributed by atoms with E-state index in [-0.39, 0.29) is 10.5 Å². The Labute approximate surface area is 171 Å². The number of nitrogens with zero attached hydrogens (tertiary/aromatic N) is 1. The normalized spacial score (nSPS) is 11.5. The summed E-state index contributed by atoms with van der Waals surface area (Å²) in [5.41, 5.74) is 2.62. The fraction of sp³-hybridized carbons (Fsp3) is 0.0476. The molecule has 0 aliphatic heterocycles. The highest BCUT2D eigenvalue weighted by Crippen LogP contribution is 2.32. The Morgan fingerprint density at radius 3 is 2.52 bits per heavy atom. The lowest BCUT2D eigenvalue weighted by atomic mass is 10.1. The standard InChI is InChI=1S/C21H16N2O4S2/c1-13-7-9-16(12-17(13)21(24)25)29(26,27)23-15-8-10-18-19(11-15)28-20(22-18)14-5-3-2-4-6-14/h2-12,23H,1H3,(H,24,25). The predicted molar refractivity (Wildman–Crippen MR) is 114 cm³/mol. The van der Waals surface area contributed by atoms with Crippen LogP contribution in [0.4, 0.5) is 5.69 Å². The van der Waals surface area contributed by atoms with Crippen LogP contribution >= 0.6 is 11.3 Å². The number of carboxylic acid groups (broad SMARTS) is 1. The molecule has 0 spiro atoms. The number of fused-ring (bicyclic) bond motifs is 1. The Balaban J connectivity index is 1.67. The van der Waals surface area contributed by atoms with E-state index < -0.39 is 16.0 Å². The predicted octanol–water partition coefficient (Wildman–Crippen LogP) is 4.77. The Bertz CT molecular complexity index is 1330. The molecule has 4 aromatic rings. The summed E-state index contributed by atoms with van der Waals surface area (Å²) >= 11 is 1.47. The smallest absolute Gasteiger partial charge is 0.335 e. The molecule has 0 atom stereocenters. The Morgan fingerprint density at radius 1 is 1.03 bits per heavy atom. The van der Waals surface area contributed by atoms with E-state index in [9.17, 15) is 18.3 Å². The van der Waals surface area contributed by atoms with E-state index in [0.29, 0.717) is 11.3 Å². The van der Waals surface area contributed by atoms with Crippen LogP contribution in [0.15, 0.2) is 71.6 Å². The second-order valence-electron chi connectivity index (χ2n) is 6.45. The molecular weight excluding hydrogens is 408 g/mol. The van der Waals surface area contributed by atoms with E-state index in [4.69, 9.17) is 0 Å². The summed E-state index contributed by atoms with van der Waals surface area (Å²) in [6.07, 6.45) is 0. The van der Waals surface area contributed by atoms with Gasteiger partial charge < -0.3 is 5.11 Å². The van der Waals surface area contributed by atoms with E-state index in [2.05, 4.69) is 9.71 Å². The zero-order chi connectivity index (χ0) is 20.6. The van der Waals surface area contributed by atoms with Crippen molar-refractivity contribution in [3.05, 3.63) is 77.9 Å². The van der Waals surface area contributed by atoms with Crippen LogP contribution < -0.4 is 4.72 Å². The minimum atomic E-state index is -3.93. The average Bonchev–Trinajstić information content (AvgIpc) is 3.11. The molecule has 3 aromatic carbocycles. The molecule has 0 amide bonds. The first-order valence-corrected chi connectivity index (χ1v) is 11.0. The van der Waals surface area contributed by atoms with Gasteiger partial charge in [-0.2, -0.15) is 0 Å². The number of thiazole rings is 1. The number of aryl methyl sites for hydroxylation is 1. The van der Waals surface area contributed by atoms with Gasteiger partial charge in [0, 0.05) is 5.56 Å². The van der Waals surface area contributed by atoms with Crippen LogP contribution in [0.2, 0.25) is 0 Å². The summed E-state index contributed by atoms with van der Waals surface area (Å²) in [6, 6.07) is 18.9. The molecule has 8 heteroatoms. The quantitative estimate of drug-likeness (QED) is 0.481. The lowest BCUT2D eigenvalue weighted by Gasteiger charge is -2.10. The van der Waals surface area contributed by atoms with Crippen LogP contribution in [0.5, 0.6) is 0 Å². The fourth-order valence-electron chi connectivity index (χ4n) is 2.91. The maximum absolute atomic E-state index is 12.7. The molecule has 0 saturated heterocycles. The first kappa shape index (κ1) is 19.1. The number of sulfonamides is 1. The van der Waals surface area contributed by atoms with Gasteiger partial charge in [0.1, 0.15) is 5.01 Å². The van der Waals surface area contributed by atoms with Crippen LogP contribution in [0, 0.1) is 6.92 Å². The van der Waals surface area contributed by atoms with Crippen molar-refractivity contribution in [2.75, 3.05) is 4.72 Å². The molecule has 1 aromatic heterocycles. The maximum atomic E-state index is 12.7. The number of rotatable bonds is 5.